The predicted octanol–water partition coefficient (Wildman–Crippen LogP) is 16.1. The Morgan fingerprint density at radius 2 is 0.774 bits per heavy atom. The van der Waals surface area contributed by atoms with E-state index in [0.717, 1.165) is 17.1 Å². The lowest BCUT2D eigenvalue weighted by molar-refractivity contribution is 0.660. The molecule has 0 saturated carbocycles. The highest BCUT2D eigenvalue weighted by Crippen LogP contribution is 2.65. The van der Waals surface area contributed by atoms with Crippen molar-refractivity contribution in [2.24, 2.45) is 0 Å². The first-order valence-corrected chi connectivity index (χ1v) is 22.0. The molecular formula is C61H47N. The van der Waals surface area contributed by atoms with Crippen LogP contribution in [0.3, 0.4) is 0 Å². The molecule has 0 bridgehead atoms. The van der Waals surface area contributed by atoms with Gasteiger partial charge in [-0.15, -0.1) is 0 Å². The molecule has 9 aromatic carbocycles. The van der Waals surface area contributed by atoms with Crippen LogP contribution in [-0.2, 0) is 10.8 Å². The minimum absolute atomic E-state index is 0.122. The summed E-state index contributed by atoms with van der Waals surface area (Å²) >= 11 is 0. The second-order valence-corrected chi connectivity index (χ2v) is 18.3. The molecule has 0 radical (unpaired) electrons. The van der Waals surface area contributed by atoms with Crippen LogP contribution in [-0.4, -0.2) is 0 Å². The Morgan fingerprint density at radius 1 is 0.306 bits per heavy atom. The molecule has 1 heteroatoms. The van der Waals surface area contributed by atoms with E-state index in [0.29, 0.717) is 0 Å². The average Bonchev–Trinajstić information content (AvgIpc) is 3.84. The van der Waals surface area contributed by atoms with Gasteiger partial charge in [0.05, 0.1) is 5.41 Å². The summed E-state index contributed by atoms with van der Waals surface area (Å²) in [5, 5.41) is 0. The standard InChI is InChI=1S/C61H47N/c1-38-21-29-50-51-30-22-39(2)34-57(51)61(56(50)33-38)58-35-40(3)23-31-52(58)53-19-12-18-47(59(53)61)43-15-11-16-45(36-43)62(44-26-24-42(25-27-44)41-13-7-6-8-14-41)46-28-32-49-48-17-9-10-20-54(48)60(4,5)55(49)37-46/h6-37H,1-5H3. The maximum atomic E-state index is 2.47. The number of hydrogen-bond acceptors (Lipinski definition) is 1. The number of hydrogen-bond donors (Lipinski definition) is 0. The van der Waals surface area contributed by atoms with Crippen LogP contribution in [0.15, 0.2) is 194 Å². The van der Waals surface area contributed by atoms with Crippen LogP contribution in [0.1, 0.15) is 63.9 Å². The molecule has 0 unspecified atom stereocenters. The lowest BCUT2D eigenvalue weighted by Crippen LogP contribution is -2.27. The quantitative estimate of drug-likeness (QED) is 0.168. The van der Waals surface area contributed by atoms with Crippen LogP contribution in [0.2, 0.25) is 0 Å². The summed E-state index contributed by atoms with van der Waals surface area (Å²) in [5.41, 5.74) is 27.8. The van der Waals surface area contributed by atoms with Gasteiger partial charge in [-0.3, -0.25) is 0 Å². The van der Waals surface area contributed by atoms with Crippen molar-refractivity contribution in [3.8, 4) is 55.6 Å². The molecule has 296 valence electrons. The molecule has 12 rings (SSSR count). The van der Waals surface area contributed by atoms with Crippen molar-refractivity contribution in [3.63, 3.8) is 0 Å². The van der Waals surface area contributed by atoms with Gasteiger partial charge in [-0.2, -0.15) is 0 Å². The minimum atomic E-state index is -0.459. The van der Waals surface area contributed by atoms with Gasteiger partial charge in [-0.25, -0.2) is 0 Å². The van der Waals surface area contributed by atoms with E-state index in [1.807, 2.05) is 0 Å². The Balaban J connectivity index is 1.08. The molecule has 0 heterocycles. The largest absolute Gasteiger partial charge is 0.310 e. The number of anilines is 3. The lowest BCUT2D eigenvalue weighted by Gasteiger charge is -2.33. The molecule has 0 aromatic heterocycles. The SMILES string of the molecule is Cc1ccc2c(c1)C1(c3cc(C)ccc3-2)c2cc(C)ccc2-c2cccc(-c3cccc(N(c4ccc(-c5ccccc5)cc4)c4ccc5c(c4)C(C)(C)c4ccccc4-5)c3)c21. The minimum Gasteiger partial charge on any atom is -0.310 e. The Bertz CT molecular complexity index is 3220. The summed E-state index contributed by atoms with van der Waals surface area (Å²) in [7, 11) is 0. The van der Waals surface area contributed by atoms with E-state index in [1.165, 1.54) is 106 Å². The van der Waals surface area contributed by atoms with Crippen LogP contribution in [0.25, 0.3) is 55.6 Å². The first-order valence-electron chi connectivity index (χ1n) is 22.0. The van der Waals surface area contributed by atoms with Crippen LogP contribution >= 0.6 is 0 Å². The van der Waals surface area contributed by atoms with Gasteiger partial charge in [0, 0.05) is 22.5 Å². The maximum Gasteiger partial charge on any atom is 0.0731 e. The fourth-order valence-corrected chi connectivity index (χ4v) is 11.4. The molecule has 62 heavy (non-hydrogen) atoms. The maximum absolute atomic E-state index is 2.47. The molecule has 1 nitrogen and oxygen atoms in total. The monoisotopic (exact) mass is 793 g/mol. The molecule has 0 fully saturated rings. The van der Waals surface area contributed by atoms with Gasteiger partial charge in [0.1, 0.15) is 0 Å². The normalized spacial score (nSPS) is 14.1. The van der Waals surface area contributed by atoms with Crippen LogP contribution < -0.4 is 4.90 Å². The Morgan fingerprint density at radius 3 is 1.45 bits per heavy atom. The smallest absolute Gasteiger partial charge is 0.0731 e. The summed E-state index contributed by atoms with van der Waals surface area (Å²) in [6.07, 6.45) is 0. The van der Waals surface area contributed by atoms with Crippen molar-refractivity contribution in [2.75, 3.05) is 4.90 Å². The van der Waals surface area contributed by atoms with Crippen molar-refractivity contribution in [2.45, 2.75) is 45.4 Å². The molecule has 0 aliphatic heterocycles. The van der Waals surface area contributed by atoms with Gasteiger partial charge in [-0.1, -0.05) is 188 Å². The predicted molar refractivity (Wildman–Crippen MR) is 260 cm³/mol. The molecule has 0 saturated heterocycles. The highest BCUT2D eigenvalue weighted by atomic mass is 15.1. The van der Waals surface area contributed by atoms with Crippen LogP contribution in [0.4, 0.5) is 17.1 Å². The zero-order valence-electron chi connectivity index (χ0n) is 35.9. The number of fused-ring (bicyclic) bond motifs is 13. The first-order chi connectivity index (χ1) is 30.2. The fraction of sp³-hybridized carbons (Fsp3) is 0.115. The van der Waals surface area contributed by atoms with E-state index in [2.05, 4.69) is 234 Å². The van der Waals surface area contributed by atoms with E-state index >= 15 is 0 Å². The molecule has 0 amide bonds. The van der Waals surface area contributed by atoms with Gasteiger partial charge in [0.25, 0.3) is 0 Å². The van der Waals surface area contributed by atoms with Crippen LogP contribution in [0, 0.1) is 20.8 Å². The fourth-order valence-electron chi connectivity index (χ4n) is 11.4. The Labute approximate surface area is 365 Å². The van der Waals surface area contributed by atoms with Gasteiger partial charge in [0.15, 0.2) is 0 Å². The molecule has 0 N–H and O–H groups in total. The molecule has 3 aliphatic carbocycles. The highest BCUT2D eigenvalue weighted by molar-refractivity contribution is 5.99. The van der Waals surface area contributed by atoms with E-state index < -0.39 is 5.41 Å². The topological polar surface area (TPSA) is 3.24 Å². The first kappa shape index (κ1) is 36.6. The van der Waals surface area contributed by atoms with Crippen molar-refractivity contribution >= 4 is 17.1 Å². The second kappa shape index (κ2) is 13.4. The zero-order valence-corrected chi connectivity index (χ0v) is 35.9. The van der Waals surface area contributed by atoms with E-state index in [9.17, 15) is 0 Å². The molecule has 1 spiro atoms. The van der Waals surface area contributed by atoms with E-state index in [4.69, 9.17) is 0 Å². The van der Waals surface area contributed by atoms with Crippen molar-refractivity contribution in [1.29, 1.82) is 0 Å². The summed E-state index contributed by atoms with van der Waals surface area (Å²) in [6.45, 7) is 11.5. The van der Waals surface area contributed by atoms with Crippen molar-refractivity contribution in [1.82, 2.24) is 0 Å². The molecule has 9 aromatic rings. The number of benzene rings is 9. The third-order valence-corrected chi connectivity index (χ3v) is 14.2. The summed E-state index contributed by atoms with van der Waals surface area (Å²) in [6, 6.07) is 73.4. The third-order valence-electron chi connectivity index (χ3n) is 14.2. The van der Waals surface area contributed by atoms with Gasteiger partial charge >= 0.3 is 0 Å². The van der Waals surface area contributed by atoms with Crippen LogP contribution in [0.5, 0.6) is 0 Å². The number of rotatable bonds is 5. The Kier molecular flexibility index (Phi) is 7.91. The lowest BCUT2D eigenvalue weighted by atomic mass is 9.68. The van der Waals surface area contributed by atoms with E-state index in [1.54, 1.807) is 0 Å². The van der Waals surface area contributed by atoms with E-state index in [-0.39, 0.29) is 5.41 Å². The van der Waals surface area contributed by atoms with Gasteiger partial charge < -0.3 is 4.90 Å². The second-order valence-electron chi connectivity index (χ2n) is 18.3. The zero-order chi connectivity index (χ0) is 41.9. The average molecular weight is 794 g/mol. The molecular weight excluding hydrogens is 747 g/mol. The number of aryl methyl sites for hydroxylation is 3. The highest BCUT2D eigenvalue weighted by Gasteiger charge is 2.53. The third kappa shape index (κ3) is 5.15. The molecule has 3 aliphatic rings. The summed E-state index contributed by atoms with van der Waals surface area (Å²) in [5.74, 6) is 0. The summed E-state index contributed by atoms with van der Waals surface area (Å²) in [4.78, 5) is 2.46. The summed E-state index contributed by atoms with van der Waals surface area (Å²) < 4.78 is 0. The van der Waals surface area contributed by atoms with Crippen molar-refractivity contribution in [3.05, 3.63) is 244 Å². The molecule has 0 atom stereocenters. The number of nitrogens with zero attached hydrogens (tertiary/aromatic N) is 1. The Hall–Kier alpha value is -7.22. The van der Waals surface area contributed by atoms with Gasteiger partial charge in [-0.05, 0) is 146 Å². The van der Waals surface area contributed by atoms with Gasteiger partial charge in [0.2, 0.25) is 0 Å². The van der Waals surface area contributed by atoms with Crippen molar-refractivity contribution < 1.29 is 0 Å².